The number of amides is 1. The van der Waals surface area contributed by atoms with Crippen LogP contribution in [0, 0.1) is 5.92 Å². The summed E-state index contributed by atoms with van der Waals surface area (Å²) in [4.78, 5) is 32.8. The molecular formula is C23H30F3N5O5. The second kappa shape index (κ2) is 12.7. The predicted molar refractivity (Wildman–Crippen MR) is 124 cm³/mol. The number of carbonyl (C=O) groups excluding carboxylic acids is 1. The quantitative estimate of drug-likeness (QED) is 0.492. The zero-order chi connectivity index (χ0) is 26.1. The fourth-order valence-corrected chi connectivity index (χ4v) is 3.49. The van der Waals surface area contributed by atoms with E-state index >= 15 is 0 Å². The van der Waals surface area contributed by atoms with Crippen LogP contribution in [0.5, 0.6) is 0 Å². The molecule has 2 aliphatic rings. The number of halogens is 3. The molecule has 13 heteroatoms. The SMILES string of the molecule is COCCCNC(=O)c1cc(-c2cnc(N3CCOCC3)nc2)cn1CC1CC1.O=C(O)C(F)(F)F. The maximum absolute atomic E-state index is 12.7. The van der Waals surface area contributed by atoms with Gasteiger partial charge in [0, 0.05) is 69.6 Å². The lowest BCUT2D eigenvalue weighted by Gasteiger charge is -2.26. The van der Waals surface area contributed by atoms with Gasteiger partial charge in [0.05, 0.1) is 13.2 Å². The molecule has 2 aromatic heterocycles. The average molecular weight is 514 g/mol. The molecule has 1 saturated carbocycles. The summed E-state index contributed by atoms with van der Waals surface area (Å²) >= 11 is 0. The number of carboxylic acids is 1. The van der Waals surface area contributed by atoms with Crippen LogP contribution >= 0.6 is 0 Å². The minimum Gasteiger partial charge on any atom is -0.475 e. The summed E-state index contributed by atoms with van der Waals surface area (Å²) in [5.74, 6) is -1.40. The van der Waals surface area contributed by atoms with Gasteiger partial charge in [-0.25, -0.2) is 14.8 Å². The first-order chi connectivity index (χ1) is 17.2. The Morgan fingerprint density at radius 1 is 1.19 bits per heavy atom. The van der Waals surface area contributed by atoms with Crippen molar-refractivity contribution in [1.29, 1.82) is 0 Å². The Morgan fingerprint density at radius 2 is 1.83 bits per heavy atom. The van der Waals surface area contributed by atoms with E-state index in [-0.39, 0.29) is 5.91 Å². The van der Waals surface area contributed by atoms with Crippen molar-refractivity contribution in [3.05, 3.63) is 30.4 Å². The summed E-state index contributed by atoms with van der Waals surface area (Å²) < 4.78 is 44.2. The highest BCUT2D eigenvalue weighted by molar-refractivity contribution is 5.94. The van der Waals surface area contributed by atoms with E-state index in [4.69, 9.17) is 19.4 Å². The third-order valence-corrected chi connectivity index (χ3v) is 5.60. The normalized spacial score (nSPS) is 15.7. The van der Waals surface area contributed by atoms with E-state index in [0.717, 1.165) is 43.1 Å². The predicted octanol–water partition coefficient (Wildman–Crippen LogP) is 2.59. The van der Waals surface area contributed by atoms with E-state index in [1.165, 1.54) is 12.8 Å². The number of carboxylic acid groups (broad SMARTS) is 1. The molecule has 10 nitrogen and oxygen atoms in total. The Bertz CT molecular complexity index is 1000. The summed E-state index contributed by atoms with van der Waals surface area (Å²) in [5.41, 5.74) is 2.59. The lowest BCUT2D eigenvalue weighted by Crippen LogP contribution is -2.37. The fraction of sp³-hybridized carbons (Fsp3) is 0.565. The maximum atomic E-state index is 12.7. The largest absolute Gasteiger partial charge is 0.490 e. The number of hydrogen-bond acceptors (Lipinski definition) is 7. The molecule has 0 unspecified atom stereocenters. The minimum atomic E-state index is -5.08. The van der Waals surface area contributed by atoms with Crippen LogP contribution in [0.2, 0.25) is 0 Å². The van der Waals surface area contributed by atoms with Crippen molar-refractivity contribution < 1.29 is 37.3 Å². The lowest BCUT2D eigenvalue weighted by molar-refractivity contribution is -0.192. The summed E-state index contributed by atoms with van der Waals surface area (Å²) in [6.07, 6.45) is 3.92. The van der Waals surface area contributed by atoms with Crippen LogP contribution in [0.1, 0.15) is 29.8 Å². The molecule has 1 aliphatic carbocycles. The number of carbonyl (C=O) groups is 2. The number of rotatable bonds is 9. The Labute approximate surface area is 206 Å². The number of hydrogen-bond donors (Lipinski definition) is 2. The van der Waals surface area contributed by atoms with Gasteiger partial charge in [0.2, 0.25) is 5.95 Å². The van der Waals surface area contributed by atoms with Gasteiger partial charge in [0.25, 0.3) is 5.91 Å². The van der Waals surface area contributed by atoms with Crippen molar-refractivity contribution in [3.8, 4) is 11.1 Å². The fourth-order valence-electron chi connectivity index (χ4n) is 3.49. The van der Waals surface area contributed by atoms with Gasteiger partial charge in [-0.05, 0) is 31.2 Å². The summed E-state index contributed by atoms with van der Waals surface area (Å²) in [7, 11) is 1.67. The zero-order valence-electron chi connectivity index (χ0n) is 20.0. The van der Waals surface area contributed by atoms with Gasteiger partial charge >= 0.3 is 12.1 Å². The van der Waals surface area contributed by atoms with Gasteiger partial charge in [-0.15, -0.1) is 0 Å². The topological polar surface area (TPSA) is 119 Å². The smallest absolute Gasteiger partial charge is 0.475 e. The average Bonchev–Trinajstić information content (AvgIpc) is 3.58. The van der Waals surface area contributed by atoms with Crippen LogP contribution in [0.25, 0.3) is 11.1 Å². The molecule has 1 amide bonds. The molecule has 36 heavy (non-hydrogen) atoms. The number of alkyl halides is 3. The number of ether oxygens (including phenoxy) is 2. The third kappa shape index (κ3) is 8.19. The van der Waals surface area contributed by atoms with Crippen molar-refractivity contribution >= 4 is 17.8 Å². The molecule has 2 fully saturated rings. The Balaban J connectivity index is 0.000000454. The zero-order valence-corrected chi connectivity index (χ0v) is 20.0. The van der Waals surface area contributed by atoms with Gasteiger partial charge in [-0.1, -0.05) is 0 Å². The van der Waals surface area contributed by atoms with Crippen LogP contribution < -0.4 is 10.2 Å². The van der Waals surface area contributed by atoms with Gasteiger partial charge in [-0.3, -0.25) is 4.79 Å². The highest BCUT2D eigenvalue weighted by Gasteiger charge is 2.38. The van der Waals surface area contributed by atoms with E-state index in [1.54, 1.807) is 7.11 Å². The molecule has 2 N–H and O–H groups in total. The van der Waals surface area contributed by atoms with Crippen molar-refractivity contribution in [2.24, 2.45) is 5.92 Å². The molecule has 0 atom stereocenters. The number of nitrogens with one attached hydrogen (secondary N) is 1. The summed E-state index contributed by atoms with van der Waals surface area (Å²) in [6, 6.07) is 1.95. The van der Waals surface area contributed by atoms with Gasteiger partial charge in [-0.2, -0.15) is 13.2 Å². The molecule has 198 valence electrons. The second-order valence-corrected chi connectivity index (χ2v) is 8.49. The molecule has 0 aromatic carbocycles. The van der Waals surface area contributed by atoms with Crippen molar-refractivity contribution in [2.75, 3.05) is 51.5 Å². The molecule has 4 rings (SSSR count). The van der Waals surface area contributed by atoms with E-state index < -0.39 is 12.1 Å². The monoisotopic (exact) mass is 513 g/mol. The van der Waals surface area contributed by atoms with Crippen LogP contribution in [0.3, 0.4) is 0 Å². The second-order valence-electron chi connectivity index (χ2n) is 8.49. The third-order valence-electron chi connectivity index (χ3n) is 5.60. The molecular weight excluding hydrogens is 483 g/mol. The lowest BCUT2D eigenvalue weighted by atomic mass is 10.2. The maximum Gasteiger partial charge on any atom is 0.490 e. The minimum absolute atomic E-state index is 0.0427. The molecule has 0 spiro atoms. The Morgan fingerprint density at radius 3 is 2.39 bits per heavy atom. The first-order valence-electron chi connectivity index (χ1n) is 11.6. The summed E-state index contributed by atoms with van der Waals surface area (Å²) in [5, 5.41) is 10.1. The number of aromatic nitrogens is 3. The molecule has 2 aromatic rings. The molecule has 1 aliphatic heterocycles. The van der Waals surface area contributed by atoms with E-state index in [1.807, 2.05) is 18.5 Å². The molecule has 3 heterocycles. The van der Waals surface area contributed by atoms with Crippen molar-refractivity contribution in [1.82, 2.24) is 19.9 Å². The number of morpholine rings is 1. The first-order valence-corrected chi connectivity index (χ1v) is 11.6. The highest BCUT2D eigenvalue weighted by atomic mass is 19.4. The van der Waals surface area contributed by atoms with Crippen LogP contribution in [0.4, 0.5) is 19.1 Å². The molecule has 0 bridgehead atoms. The Hall–Kier alpha value is -3.19. The number of methoxy groups -OCH3 is 1. The van der Waals surface area contributed by atoms with Crippen LogP contribution in [0.15, 0.2) is 24.7 Å². The van der Waals surface area contributed by atoms with Crippen molar-refractivity contribution in [3.63, 3.8) is 0 Å². The summed E-state index contributed by atoms with van der Waals surface area (Å²) in [6.45, 7) is 5.16. The number of aliphatic carboxylic acids is 1. The van der Waals surface area contributed by atoms with E-state index in [2.05, 4.69) is 30.9 Å². The number of nitrogens with zero attached hydrogens (tertiary/aromatic N) is 4. The standard InChI is InChI=1S/C21H29N5O3.C2HF3O2/c1-28-8-2-5-22-20(27)19-11-17(15-26(19)14-16-3-4-16)18-12-23-21(24-13-18)25-6-9-29-10-7-25;3-2(4,5)1(6)7/h11-13,15-16H,2-10,14H2,1H3,(H,22,27);(H,6,7). The van der Waals surface area contributed by atoms with Gasteiger partial charge < -0.3 is 29.4 Å². The van der Waals surface area contributed by atoms with Crippen LogP contribution in [-0.4, -0.2) is 84.3 Å². The van der Waals surface area contributed by atoms with Crippen LogP contribution in [-0.2, 0) is 20.8 Å². The van der Waals surface area contributed by atoms with E-state index in [9.17, 15) is 18.0 Å². The molecule has 1 saturated heterocycles. The molecule has 0 radical (unpaired) electrons. The van der Waals surface area contributed by atoms with E-state index in [0.29, 0.717) is 38.0 Å². The Kier molecular flexibility index (Phi) is 9.65. The number of anilines is 1. The first kappa shape index (κ1) is 27.4. The van der Waals surface area contributed by atoms with Gasteiger partial charge in [0.1, 0.15) is 5.69 Å². The van der Waals surface area contributed by atoms with Crippen molar-refractivity contribution in [2.45, 2.75) is 32.0 Å². The van der Waals surface area contributed by atoms with Gasteiger partial charge in [0.15, 0.2) is 0 Å². The highest BCUT2D eigenvalue weighted by Crippen LogP contribution is 2.32.